The number of aryl methyl sites for hydroxylation is 1. The molecule has 168 valence electrons. The maximum atomic E-state index is 13.9. The number of pyridine rings is 1. The molecule has 2 heterocycles. The second-order valence-corrected chi connectivity index (χ2v) is 8.00. The van der Waals surface area contributed by atoms with Crippen LogP contribution >= 0.6 is 0 Å². The molecule has 0 unspecified atom stereocenters. The molecular weight excluding hydrogens is 426 g/mol. The number of nitrogens with zero attached hydrogens (tertiary/aromatic N) is 5. The van der Waals surface area contributed by atoms with E-state index in [-0.39, 0.29) is 18.2 Å². The summed E-state index contributed by atoms with van der Waals surface area (Å²) in [6.45, 7) is 5.77. The number of carbonyl (C=O) groups is 1. The molecule has 9 heteroatoms. The molecule has 1 N–H and O–H groups in total. The fourth-order valence-electron chi connectivity index (χ4n) is 3.35. The van der Waals surface area contributed by atoms with Gasteiger partial charge in [-0.05, 0) is 46.7 Å². The Morgan fingerprint density at radius 3 is 2.52 bits per heavy atom. The van der Waals surface area contributed by atoms with E-state index >= 15 is 0 Å². The highest BCUT2D eigenvalue weighted by Crippen LogP contribution is 2.26. The Labute approximate surface area is 189 Å². The van der Waals surface area contributed by atoms with Gasteiger partial charge in [0.25, 0.3) is 5.91 Å². The Morgan fingerprint density at radius 1 is 1.06 bits per heavy atom. The van der Waals surface area contributed by atoms with Crippen LogP contribution in [-0.4, -0.2) is 31.1 Å². The Morgan fingerprint density at radius 2 is 1.82 bits per heavy atom. The molecule has 2 aromatic heterocycles. The summed E-state index contributed by atoms with van der Waals surface area (Å²) < 4.78 is 28.6. The summed E-state index contributed by atoms with van der Waals surface area (Å²) in [6, 6.07) is 14.0. The van der Waals surface area contributed by atoms with E-state index < -0.39 is 17.5 Å². The second-order valence-electron chi connectivity index (χ2n) is 8.00. The van der Waals surface area contributed by atoms with Crippen LogP contribution in [0.15, 0.2) is 54.7 Å². The van der Waals surface area contributed by atoms with Crippen molar-refractivity contribution in [2.75, 3.05) is 0 Å². The fourth-order valence-corrected chi connectivity index (χ4v) is 3.35. The number of hydrogen-bond donors (Lipinski definition) is 1. The van der Waals surface area contributed by atoms with Gasteiger partial charge in [-0.25, -0.2) is 8.78 Å². The molecule has 4 rings (SSSR count). The Bertz CT molecular complexity index is 1300. The molecule has 1 amide bonds. The summed E-state index contributed by atoms with van der Waals surface area (Å²) in [5, 5.41) is 14.6. The monoisotopic (exact) mass is 448 g/mol. The summed E-state index contributed by atoms with van der Waals surface area (Å²) in [7, 11) is 0. The van der Waals surface area contributed by atoms with Crippen molar-refractivity contribution in [3.05, 3.63) is 89.0 Å². The van der Waals surface area contributed by atoms with Gasteiger partial charge in [0.2, 0.25) is 0 Å². The molecule has 0 fully saturated rings. The average molecular weight is 448 g/mol. The number of nitrogens with one attached hydrogen (secondary N) is 1. The molecule has 0 radical (unpaired) electrons. The summed E-state index contributed by atoms with van der Waals surface area (Å²) in [4.78, 5) is 16.7. The van der Waals surface area contributed by atoms with E-state index in [9.17, 15) is 13.6 Å². The first kappa shape index (κ1) is 22.2. The van der Waals surface area contributed by atoms with Gasteiger partial charge in [-0.3, -0.25) is 9.78 Å². The third kappa shape index (κ3) is 4.92. The van der Waals surface area contributed by atoms with Gasteiger partial charge in [0.1, 0.15) is 11.6 Å². The van der Waals surface area contributed by atoms with Crippen molar-refractivity contribution in [1.29, 1.82) is 0 Å². The fraction of sp³-hybridized carbons (Fsp3) is 0.208. The van der Waals surface area contributed by atoms with Crippen molar-refractivity contribution in [2.45, 2.75) is 33.2 Å². The number of benzene rings is 2. The number of tetrazole rings is 1. The maximum absolute atomic E-state index is 13.9. The van der Waals surface area contributed by atoms with Crippen molar-refractivity contribution in [2.24, 2.45) is 0 Å². The van der Waals surface area contributed by atoms with Gasteiger partial charge < -0.3 is 5.32 Å². The van der Waals surface area contributed by atoms with Crippen molar-refractivity contribution in [1.82, 2.24) is 30.5 Å². The molecule has 0 aliphatic heterocycles. The average Bonchev–Trinajstić information content (AvgIpc) is 3.29. The highest BCUT2D eigenvalue weighted by atomic mass is 19.1. The van der Waals surface area contributed by atoms with Crippen LogP contribution in [0, 0.1) is 18.6 Å². The number of halogens is 2. The largest absolute Gasteiger partial charge is 0.346 e. The standard InChI is InChI=1S/C24H22F2N6O/c1-14(2)23-29-30-31-32(23)20-9-17(16-6-4-15(3)5-7-16)8-18(10-20)24(33)28-13-22-21(26)11-19(25)12-27-22/h4-12,14H,13H2,1-3H3,(H,28,33). The van der Waals surface area contributed by atoms with Gasteiger partial charge in [-0.15, -0.1) is 5.10 Å². The molecular formula is C24H22F2N6O. The van der Waals surface area contributed by atoms with E-state index in [4.69, 9.17) is 0 Å². The van der Waals surface area contributed by atoms with Crippen molar-refractivity contribution in [3.8, 4) is 16.8 Å². The lowest BCUT2D eigenvalue weighted by Gasteiger charge is -2.13. The highest BCUT2D eigenvalue weighted by molar-refractivity contribution is 5.96. The highest BCUT2D eigenvalue weighted by Gasteiger charge is 2.17. The number of hydrogen-bond acceptors (Lipinski definition) is 5. The van der Waals surface area contributed by atoms with Gasteiger partial charge in [0, 0.05) is 17.5 Å². The van der Waals surface area contributed by atoms with Crippen LogP contribution in [0.2, 0.25) is 0 Å². The van der Waals surface area contributed by atoms with Crippen LogP contribution in [0.1, 0.15) is 47.2 Å². The first-order valence-electron chi connectivity index (χ1n) is 10.4. The van der Waals surface area contributed by atoms with Gasteiger partial charge in [0.05, 0.1) is 24.1 Å². The molecule has 2 aromatic carbocycles. The first-order chi connectivity index (χ1) is 15.8. The molecule has 0 saturated heterocycles. The SMILES string of the molecule is Cc1ccc(-c2cc(C(=O)NCc3ncc(F)cc3F)cc(-n3nnnc3C(C)C)c2)cc1. The van der Waals surface area contributed by atoms with Crippen molar-refractivity contribution < 1.29 is 13.6 Å². The zero-order chi connectivity index (χ0) is 23.5. The van der Waals surface area contributed by atoms with Crippen LogP contribution in [0.5, 0.6) is 0 Å². The van der Waals surface area contributed by atoms with E-state index in [1.165, 1.54) is 0 Å². The molecule has 33 heavy (non-hydrogen) atoms. The molecule has 0 aliphatic rings. The molecule has 0 spiro atoms. The number of aromatic nitrogens is 5. The lowest BCUT2D eigenvalue weighted by Crippen LogP contribution is -2.24. The molecule has 4 aromatic rings. The van der Waals surface area contributed by atoms with Gasteiger partial charge in [-0.2, -0.15) is 4.68 Å². The number of carbonyl (C=O) groups excluding carboxylic acids is 1. The van der Waals surface area contributed by atoms with Crippen LogP contribution in [0.3, 0.4) is 0 Å². The van der Waals surface area contributed by atoms with Gasteiger partial charge in [-0.1, -0.05) is 43.7 Å². The minimum absolute atomic E-state index is 0.0535. The molecule has 0 saturated carbocycles. The smallest absolute Gasteiger partial charge is 0.251 e. The lowest BCUT2D eigenvalue weighted by atomic mass is 10.0. The van der Waals surface area contributed by atoms with Crippen molar-refractivity contribution >= 4 is 5.91 Å². The predicted octanol–water partition coefficient (Wildman–Crippen LogP) is 4.36. The minimum atomic E-state index is -0.820. The molecule has 0 aliphatic carbocycles. The topological polar surface area (TPSA) is 85.6 Å². The number of amides is 1. The molecule has 0 bridgehead atoms. The quantitative estimate of drug-likeness (QED) is 0.474. The molecule has 7 nitrogen and oxygen atoms in total. The Hall–Kier alpha value is -4.01. The molecule has 0 atom stereocenters. The first-order valence-corrected chi connectivity index (χ1v) is 10.4. The summed E-state index contributed by atoms with van der Waals surface area (Å²) in [5.41, 5.74) is 3.75. The second kappa shape index (κ2) is 9.23. The Kier molecular flexibility index (Phi) is 6.21. The normalized spacial score (nSPS) is 11.1. The lowest BCUT2D eigenvalue weighted by molar-refractivity contribution is 0.0950. The van der Waals surface area contributed by atoms with Crippen LogP contribution < -0.4 is 5.32 Å². The van der Waals surface area contributed by atoms with E-state index in [1.807, 2.05) is 51.1 Å². The zero-order valence-electron chi connectivity index (χ0n) is 18.4. The Balaban J connectivity index is 1.71. The van der Waals surface area contributed by atoms with E-state index in [0.717, 1.165) is 29.0 Å². The maximum Gasteiger partial charge on any atom is 0.251 e. The third-order valence-electron chi connectivity index (χ3n) is 5.12. The van der Waals surface area contributed by atoms with Gasteiger partial charge in [0.15, 0.2) is 5.82 Å². The summed E-state index contributed by atoms with van der Waals surface area (Å²) in [6.07, 6.45) is 0.909. The zero-order valence-corrected chi connectivity index (χ0v) is 18.4. The summed E-state index contributed by atoms with van der Waals surface area (Å²) in [5.74, 6) is -1.32. The van der Waals surface area contributed by atoms with Crippen LogP contribution in [0.25, 0.3) is 16.8 Å². The van der Waals surface area contributed by atoms with Crippen LogP contribution in [0.4, 0.5) is 8.78 Å². The minimum Gasteiger partial charge on any atom is -0.346 e. The van der Waals surface area contributed by atoms with E-state index in [1.54, 1.807) is 16.8 Å². The van der Waals surface area contributed by atoms with E-state index in [2.05, 4.69) is 25.8 Å². The summed E-state index contributed by atoms with van der Waals surface area (Å²) >= 11 is 0. The van der Waals surface area contributed by atoms with Crippen LogP contribution in [-0.2, 0) is 6.54 Å². The predicted molar refractivity (Wildman–Crippen MR) is 119 cm³/mol. The number of rotatable bonds is 6. The van der Waals surface area contributed by atoms with Crippen molar-refractivity contribution in [3.63, 3.8) is 0 Å². The van der Waals surface area contributed by atoms with E-state index in [0.29, 0.717) is 17.1 Å². The van der Waals surface area contributed by atoms with Gasteiger partial charge >= 0.3 is 0 Å². The third-order valence-corrected chi connectivity index (χ3v) is 5.12.